The van der Waals surface area contributed by atoms with Gasteiger partial charge in [-0.15, -0.1) is 0 Å². The largest absolute Gasteiger partial charge is 0.248 e. The summed E-state index contributed by atoms with van der Waals surface area (Å²) in [4.78, 5) is 8.50. The normalized spacial score (nSPS) is 10.4. The van der Waals surface area contributed by atoms with Crippen LogP contribution in [0.15, 0.2) is 45.1 Å². The number of halogens is 2. The van der Waals surface area contributed by atoms with E-state index in [2.05, 4.69) is 25.9 Å². The highest BCUT2D eigenvalue weighted by molar-refractivity contribution is 9.10. The van der Waals surface area contributed by atoms with Crippen molar-refractivity contribution >= 4 is 39.3 Å². The molecule has 0 saturated heterocycles. The second kappa shape index (κ2) is 5.17. The first-order valence-electron chi connectivity index (χ1n) is 4.57. The average Bonchev–Trinajstić information content (AvgIpc) is 2.27. The predicted molar refractivity (Wildman–Crippen MR) is 70.0 cm³/mol. The summed E-state index contributed by atoms with van der Waals surface area (Å²) < 4.78 is 1.00. The van der Waals surface area contributed by atoms with Gasteiger partial charge >= 0.3 is 0 Å². The summed E-state index contributed by atoms with van der Waals surface area (Å²) in [5.74, 6) is 0. The van der Waals surface area contributed by atoms with Crippen LogP contribution in [0, 0.1) is 6.92 Å². The van der Waals surface area contributed by atoms with Crippen LogP contribution in [-0.4, -0.2) is 9.97 Å². The van der Waals surface area contributed by atoms with Gasteiger partial charge in [0.25, 0.3) is 0 Å². The molecule has 2 aromatic rings. The Morgan fingerprint density at radius 1 is 1.38 bits per heavy atom. The molecule has 2 aromatic heterocycles. The van der Waals surface area contributed by atoms with Gasteiger partial charge in [-0.1, -0.05) is 11.6 Å². The number of aromatic nitrogens is 2. The first kappa shape index (κ1) is 11.9. The van der Waals surface area contributed by atoms with Crippen molar-refractivity contribution in [1.82, 2.24) is 9.97 Å². The number of pyridine rings is 2. The molecule has 0 aliphatic heterocycles. The first-order valence-corrected chi connectivity index (χ1v) is 6.56. The second-order valence-electron chi connectivity index (χ2n) is 3.16. The number of hydrogen-bond donors (Lipinski definition) is 0. The Hall–Kier alpha value is -0.580. The van der Waals surface area contributed by atoms with Gasteiger partial charge in [-0.3, -0.25) is 0 Å². The van der Waals surface area contributed by atoms with Crippen molar-refractivity contribution < 1.29 is 0 Å². The van der Waals surface area contributed by atoms with Crippen molar-refractivity contribution in [3.63, 3.8) is 0 Å². The van der Waals surface area contributed by atoms with Crippen molar-refractivity contribution in [3.8, 4) is 0 Å². The summed E-state index contributed by atoms with van der Waals surface area (Å²) in [6.07, 6.45) is 3.51. The van der Waals surface area contributed by atoms with E-state index >= 15 is 0 Å². The maximum absolute atomic E-state index is 6.02. The Balaban J connectivity index is 2.28. The summed E-state index contributed by atoms with van der Waals surface area (Å²) >= 11 is 10.9. The summed E-state index contributed by atoms with van der Waals surface area (Å²) in [6, 6.07) is 5.63. The molecule has 82 valence electrons. The van der Waals surface area contributed by atoms with Gasteiger partial charge in [0.1, 0.15) is 10.1 Å². The Morgan fingerprint density at radius 3 is 2.88 bits per heavy atom. The summed E-state index contributed by atoms with van der Waals surface area (Å²) in [7, 11) is 0. The number of nitrogens with zero attached hydrogens (tertiary/aromatic N) is 2. The Labute approximate surface area is 112 Å². The Morgan fingerprint density at radius 2 is 2.19 bits per heavy atom. The van der Waals surface area contributed by atoms with Gasteiger partial charge in [-0.05, 0) is 58.4 Å². The zero-order valence-electron chi connectivity index (χ0n) is 8.45. The highest BCUT2D eigenvalue weighted by Crippen LogP contribution is 2.31. The van der Waals surface area contributed by atoms with Crippen molar-refractivity contribution in [2.75, 3.05) is 0 Å². The molecule has 2 rings (SSSR count). The van der Waals surface area contributed by atoms with Crippen LogP contribution in [-0.2, 0) is 0 Å². The van der Waals surface area contributed by atoms with E-state index in [0.717, 1.165) is 20.1 Å². The fourth-order valence-corrected chi connectivity index (χ4v) is 2.39. The fraction of sp³-hybridized carbons (Fsp3) is 0.0909. The average molecular weight is 316 g/mol. The van der Waals surface area contributed by atoms with E-state index in [0.29, 0.717) is 5.02 Å². The second-order valence-corrected chi connectivity index (χ2v) is 5.43. The lowest BCUT2D eigenvalue weighted by Gasteiger charge is -2.03. The highest BCUT2D eigenvalue weighted by Gasteiger charge is 2.05. The third kappa shape index (κ3) is 2.75. The molecule has 0 N–H and O–H groups in total. The topological polar surface area (TPSA) is 25.8 Å². The summed E-state index contributed by atoms with van der Waals surface area (Å²) in [5, 5.41) is 2.31. The standard InChI is InChI=1S/C11H8BrClN2S/c1-7-5-10(15-6-8(7)12)16-11-9(13)3-2-4-14-11/h2-6H,1H3. The van der Waals surface area contributed by atoms with Crippen LogP contribution in [0.3, 0.4) is 0 Å². The summed E-state index contributed by atoms with van der Waals surface area (Å²) in [5.41, 5.74) is 1.14. The van der Waals surface area contributed by atoms with E-state index in [1.54, 1.807) is 12.4 Å². The third-order valence-corrected chi connectivity index (χ3v) is 4.15. The molecule has 0 fully saturated rings. The minimum absolute atomic E-state index is 0.648. The van der Waals surface area contributed by atoms with Gasteiger partial charge < -0.3 is 0 Å². The minimum atomic E-state index is 0.648. The molecule has 2 heterocycles. The molecule has 5 heteroatoms. The molecule has 0 saturated carbocycles. The highest BCUT2D eigenvalue weighted by atomic mass is 79.9. The van der Waals surface area contributed by atoms with Gasteiger partial charge in [-0.2, -0.15) is 0 Å². The Bertz CT molecular complexity index is 519. The van der Waals surface area contributed by atoms with Crippen LogP contribution in [0.1, 0.15) is 5.56 Å². The van der Waals surface area contributed by atoms with Crippen molar-refractivity contribution in [3.05, 3.63) is 45.7 Å². The van der Waals surface area contributed by atoms with Crippen LogP contribution >= 0.6 is 39.3 Å². The lowest BCUT2D eigenvalue weighted by molar-refractivity contribution is 1.07. The van der Waals surface area contributed by atoms with Gasteiger partial charge in [0, 0.05) is 16.9 Å². The molecule has 0 radical (unpaired) electrons. The van der Waals surface area contributed by atoms with Crippen molar-refractivity contribution in [2.45, 2.75) is 17.0 Å². The van der Waals surface area contributed by atoms with E-state index in [1.165, 1.54) is 11.8 Å². The van der Waals surface area contributed by atoms with Gasteiger partial charge in [0.05, 0.1) is 5.02 Å². The first-order chi connectivity index (χ1) is 7.66. The quantitative estimate of drug-likeness (QED) is 0.824. The maximum atomic E-state index is 6.02. The van der Waals surface area contributed by atoms with Gasteiger partial charge in [0.15, 0.2) is 0 Å². The monoisotopic (exact) mass is 314 g/mol. The molecule has 0 amide bonds. The third-order valence-electron chi connectivity index (χ3n) is 1.95. The molecule has 0 aromatic carbocycles. The minimum Gasteiger partial charge on any atom is -0.248 e. The molecular weight excluding hydrogens is 308 g/mol. The maximum Gasteiger partial charge on any atom is 0.121 e. The van der Waals surface area contributed by atoms with Crippen LogP contribution in [0.25, 0.3) is 0 Å². The summed E-state index contributed by atoms with van der Waals surface area (Å²) in [6.45, 7) is 2.02. The number of hydrogen-bond acceptors (Lipinski definition) is 3. The molecule has 0 unspecified atom stereocenters. The molecule has 0 spiro atoms. The van der Waals surface area contributed by atoms with E-state index in [-0.39, 0.29) is 0 Å². The SMILES string of the molecule is Cc1cc(Sc2ncccc2Cl)ncc1Br. The van der Waals surface area contributed by atoms with Gasteiger partial charge in [0.2, 0.25) is 0 Å². The molecule has 2 nitrogen and oxygen atoms in total. The molecular formula is C11H8BrClN2S. The zero-order valence-corrected chi connectivity index (χ0v) is 11.6. The predicted octanol–water partition coefficient (Wildman–Crippen LogP) is 4.35. The zero-order chi connectivity index (χ0) is 11.5. The fourth-order valence-electron chi connectivity index (χ4n) is 1.11. The van der Waals surface area contributed by atoms with E-state index in [4.69, 9.17) is 11.6 Å². The lowest BCUT2D eigenvalue weighted by atomic mass is 10.3. The van der Waals surface area contributed by atoms with E-state index in [9.17, 15) is 0 Å². The van der Waals surface area contributed by atoms with Crippen molar-refractivity contribution in [2.24, 2.45) is 0 Å². The molecule has 0 aliphatic rings. The molecule has 16 heavy (non-hydrogen) atoms. The molecule has 0 bridgehead atoms. The smallest absolute Gasteiger partial charge is 0.121 e. The van der Waals surface area contributed by atoms with Crippen LogP contribution < -0.4 is 0 Å². The van der Waals surface area contributed by atoms with Crippen LogP contribution in [0.4, 0.5) is 0 Å². The Kier molecular flexibility index (Phi) is 3.84. The lowest BCUT2D eigenvalue weighted by Crippen LogP contribution is -1.85. The van der Waals surface area contributed by atoms with Gasteiger partial charge in [-0.25, -0.2) is 9.97 Å². The number of rotatable bonds is 2. The molecule has 0 atom stereocenters. The van der Waals surface area contributed by atoms with Crippen molar-refractivity contribution in [1.29, 1.82) is 0 Å². The van der Waals surface area contributed by atoms with Crippen LogP contribution in [0.2, 0.25) is 5.02 Å². The molecule has 0 aliphatic carbocycles. The van der Waals surface area contributed by atoms with E-state index in [1.807, 2.05) is 25.1 Å². The number of aryl methyl sites for hydroxylation is 1. The van der Waals surface area contributed by atoms with Crippen LogP contribution in [0.5, 0.6) is 0 Å². The van der Waals surface area contributed by atoms with E-state index < -0.39 is 0 Å².